The van der Waals surface area contributed by atoms with Crippen molar-refractivity contribution in [2.45, 2.75) is 116 Å². The van der Waals surface area contributed by atoms with Gasteiger partial charge in [-0.3, -0.25) is 28.7 Å². The third-order valence-corrected chi connectivity index (χ3v) is 10.6. The lowest BCUT2D eigenvalue weighted by atomic mass is 10.0. The zero-order valence-electron chi connectivity index (χ0n) is 35.6. The highest BCUT2D eigenvalue weighted by Gasteiger charge is 2.15. The molecule has 0 unspecified atom stereocenters. The Balaban J connectivity index is -0.00000961. The molecule has 0 spiro atoms. The first-order valence-electron chi connectivity index (χ1n) is 21.6. The van der Waals surface area contributed by atoms with Gasteiger partial charge in [-0.1, -0.05) is 100 Å². The molecule has 0 fully saturated rings. The summed E-state index contributed by atoms with van der Waals surface area (Å²) in [4.78, 5) is 58.7. The molecule has 4 amide bonds. The summed E-state index contributed by atoms with van der Waals surface area (Å²) in [6.45, 7) is 1.88. The Morgan fingerprint density at radius 2 is 1.11 bits per heavy atom. The number of ether oxygens (including phenoxy) is 4. The van der Waals surface area contributed by atoms with Crippen molar-refractivity contribution in [3.05, 3.63) is 41.2 Å². The second kappa shape index (κ2) is 35.2. The van der Waals surface area contributed by atoms with Gasteiger partial charge in [0, 0.05) is 50.2 Å². The number of rotatable bonds is 40. The van der Waals surface area contributed by atoms with Gasteiger partial charge in [0.15, 0.2) is 5.82 Å². The predicted octanol–water partition coefficient (Wildman–Crippen LogP) is 3.84. The van der Waals surface area contributed by atoms with Crippen molar-refractivity contribution in [1.82, 2.24) is 41.3 Å². The SMILES string of the molecule is O=Cc1ccc(CNC(=O)COCCOCCNC(=O)COCCOCCNC(=O)CCCS(=O)(=O)NC(=O)CCCCCCCCCCCCCCCc2nn[nH]n2)cc1.[HH].[HH].[HH].[HH]. The molecule has 1 aromatic carbocycles. The smallest absolute Gasteiger partial charge is 0.246 e. The van der Waals surface area contributed by atoms with E-state index in [0.717, 1.165) is 49.8 Å². The highest BCUT2D eigenvalue weighted by atomic mass is 32.2. The second-order valence-corrected chi connectivity index (χ2v) is 16.4. The Kier molecular flexibility index (Phi) is 30.5. The van der Waals surface area contributed by atoms with Crippen molar-refractivity contribution >= 4 is 39.9 Å². The molecule has 20 heteroatoms. The third kappa shape index (κ3) is 31.2. The highest BCUT2D eigenvalue weighted by Crippen LogP contribution is 2.13. The molecule has 0 aliphatic carbocycles. The quantitative estimate of drug-likeness (QED) is 0.0471. The van der Waals surface area contributed by atoms with Crippen LogP contribution in [-0.4, -0.2) is 131 Å². The first-order valence-corrected chi connectivity index (χ1v) is 23.2. The lowest BCUT2D eigenvalue weighted by molar-refractivity contribution is -0.127. The fourth-order valence-electron chi connectivity index (χ4n) is 5.90. The number of aromatic nitrogens is 4. The van der Waals surface area contributed by atoms with E-state index in [2.05, 4.69) is 41.3 Å². The van der Waals surface area contributed by atoms with Crippen LogP contribution in [0.2, 0.25) is 0 Å². The summed E-state index contributed by atoms with van der Waals surface area (Å²) in [7, 11) is -3.81. The lowest BCUT2D eigenvalue weighted by Crippen LogP contribution is -2.33. The minimum atomic E-state index is -3.81. The van der Waals surface area contributed by atoms with E-state index < -0.39 is 15.9 Å². The lowest BCUT2D eigenvalue weighted by Gasteiger charge is -2.09. The van der Waals surface area contributed by atoms with Crippen LogP contribution in [0.3, 0.4) is 0 Å². The standard InChI is InChI=1S/C41H68N8O11S.4H2/c50-32-36-20-18-35(19-21-36)31-44-41(54)34-60-29-27-58-25-23-43-40(53)33-59-28-26-57-24-22-42-38(51)17-14-30-61(55,56)47-39(52)16-13-11-9-7-5-3-1-2-4-6-8-10-12-15-37-45-48-49-46-37;;;;/h18-21,32H,1-17,22-31,33-34H2,(H,42,51)(H,43,53)(H,44,54)(H,47,52)(H,45,46,48,49);4*1H. The van der Waals surface area contributed by atoms with Gasteiger partial charge in [-0.05, 0) is 24.8 Å². The molecular weight excluding hydrogens is 813 g/mol. The van der Waals surface area contributed by atoms with Gasteiger partial charge in [-0.2, -0.15) is 5.21 Å². The third-order valence-electron chi connectivity index (χ3n) is 9.23. The second-order valence-electron chi connectivity index (χ2n) is 14.5. The maximum atomic E-state index is 12.3. The number of aryl methyl sites for hydroxylation is 1. The van der Waals surface area contributed by atoms with Crippen LogP contribution in [-0.2, 0) is 61.1 Å². The minimum absolute atomic E-state index is 0. The number of tetrazole rings is 1. The molecule has 0 bridgehead atoms. The van der Waals surface area contributed by atoms with Crippen molar-refractivity contribution in [3.8, 4) is 0 Å². The summed E-state index contributed by atoms with van der Waals surface area (Å²) in [5.74, 6) is -0.956. The highest BCUT2D eigenvalue weighted by molar-refractivity contribution is 7.90. The van der Waals surface area contributed by atoms with Gasteiger partial charge in [-0.25, -0.2) is 8.42 Å². The Labute approximate surface area is 366 Å². The Morgan fingerprint density at radius 1 is 0.607 bits per heavy atom. The van der Waals surface area contributed by atoms with Gasteiger partial charge in [0.1, 0.15) is 19.5 Å². The number of hydrogen-bond acceptors (Lipinski definition) is 14. The largest absolute Gasteiger partial charge is 0.377 e. The van der Waals surface area contributed by atoms with E-state index in [4.69, 9.17) is 18.9 Å². The van der Waals surface area contributed by atoms with Crippen LogP contribution < -0.4 is 20.7 Å². The van der Waals surface area contributed by atoms with E-state index >= 15 is 0 Å². The van der Waals surface area contributed by atoms with Gasteiger partial charge in [0.2, 0.25) is 33.7 Å². The number of nitrogens with zero attached hydrogens (tertiary/aromatic N) is 3. The van der Waals surface area contributed by atoms with Crippen molar-refractivity contribution in [2.75, 3.05) is 71.7 Å². The number of aldehydes is 1. The fraction of sp³-hybridized carbons (Fsp3) is 0.707. The number of aromatic amines is 1. The van der Waals surface area contributed by atoms with Crippen LogP contribution in [0, 0.1) is 0 Å². The molecule has 2 aromatic rings. The van der Waals surface area contributed by atoms with E-state index in [1.807, 2.05) is 0 Å². The van der Waals surface area contributed by atoms with Crippen LogP contribution in [0.4, 0.5) is 0 Å². The number of amides is 4. The van der Waals surface area contributed by atoms with Crippen LogP contribution >= 0.6 is 0 Å². The van der Waals surface area contributed by atoms with Gasteiger partial charge in [-0.15, -0.1) is 10.2 Å². The summed E-state index contributed by atoms with van der Waals surface area (Å²) in [6, 6.07) is 6.88. The van der Waals surface area contributed by atoms with Crippen molar-refractivity contribution in [3.63, 3.8) is 0 Å². The maximum absolute atomic E-state index is 12.3. The van der Waals surface area contributed by atoms with Crippen molar-refractivity contribution < 1.29 is 57.0 Å². The molecular formula is C41H76N8O11S. The topological polar surface area (TPSA) is 259 Å². The van der Waals surface area contributed by atoms with Crippen LogP contribution in [0.5, 0.6) is 0 Å². The molecule has 19 nitrogen and oxygen atoms in total. The molecule has 0 aliphatic heterocycles. The number of unbranched alkanes of at least 4 members (excludes halogenated alkanes) is 12. The number of carbonyl (C=O) groups excluding carboxylic acids is 5. The normalized spacial score (nSPS) is 11.3. The van der Waals surface area contributed by atoms with Crippen LogP contribution in [0.25, 0.3) is 0 Å². The summed E-state index contributed by atoms with van der Waals surface area (Å²) in [6.07, 6.45) is 16.5. The van der Waals surface area contributed by atoms with Gasteiger partial charge >= 0.3 is 0 Å². The number of H-pyrrole nitrogens is 1. The average Bonchev–Trinajstić information content (AvgIpc) is 3.77. The van der Waals surface area contributed by atoms with E-state index in [0.29, 0.717) is 18.5 Å². The summed E-state index contributed by atoms with van der Waals surface area (Å²) >= 11 is 0. The van der Waals surface area contributed by atoms with E-state index in [1.165, 1.54) is 51.4 Å². The maximum Gasteiger partial charge on any atom is 0.246 e. The average molecular weight is 889 g/mol. The van der Waals surface area contributed by atoms with Crippen LogP contribution in [0.1, 0.15) is 130 Å². The zero-order valence-corrected chi connectivity index (χ0v) is 36.4. The van der Waals surface area contributed by atoms with Gasteiger partial charge < -0.3 is 34.9 Å². The molecule has 2 rings (SSSR count). The summed E-state index contributed by atoms with van der Waals surface area (Å²) in [5, 5.41) is 22.0. The number of carbonyl (C=O) groups is 5. The molecule has 0 aliphatic rings. The Hall–Kier alpha value is -4.37. The van der Waals surface area contributed by atoms with Crippen molar-refractivity contribution in [1.29, 1.82) is 0 Å². The molecule has 1 heterocycles. The molecule has 61 heavy (non-hydrogen) atoms. The molecule has 0 saturated heterocycles. The van der Waals surface area contributed by atoms with Crippen LogP contribution in [0.15, 0.2) is 24.3 Å². The fourth-order valence-corrected chi connectivity index (χ4v) is 6.98. The molecule has 0 atom stereocenters. The predicted molar refractivity (Wildman–Crippen MR) is 235 cm³/mol. The van der Waals surface area contributed by atoms with E-state index in [9.17, 15) is 32.4 Å². The number of hydrogen-bond donors (Lipinski definition) is 5. The van der Waals surface area contributed by atoms with Gasteiger partial charge in [0.05, 0.1) is 45.4 Å². The summed E-state index contributed by atoms with van der Waals surface area (Å²) in [5.41, 5.74) is 1.43. The molecule has 1 aromatic heterocycles. The summed E-state index contributed by atoms with van der Waals surface area (Å²) < 4.78 is 48.0. The zero-order chi connectivity index (χ0) is 44.1. The Bertz CT molecular complexity index is 1600. The molecule has 352 valence electrons. The monoisotopic (exact) mass is 889 g/mol. The molecule has 0 saturated carbocycles. The molecule has 5 N–H and O–H groups in total. The number of benzene rings is 1. The molecule has 0 radical (unpaired) electrons. The minimum Gasteiger partial charge on any atom is -0.377 e. The Morgan fingerprint density at radius 3 is 1.67 bits per heavy atom. The first-order chi connectivity index (χ1) is 29.7. The van der Waals surface area contributed by atoms with Gasteiger partial charge in [0.25, 0.3) is 0 Å². The van der Waals surface area contributed by atoms with Crippen molar-refractivity contribution in [2.24, 2.45) is 0 Å². The first kappa shape index (κ1) is 52.8. The van der Waals surface area contributed by atoms with E-state index in [-0.39, 0.29) is 114 Å². The van der Waals surface area contributed by atoms with E-state index in [1.54, 1.807) is 24.3 Å². The number of nitrogens with one attached hydrogen (secondary N) is 5. The number of sulfonamides is 1.